The standard InChI is InChI=1S/C23H21ClN2O4/c24-16-6-4-14(5-7-16)22(29)25-17-8-10-19-15(12-17)13-26(23(19)30)20-11-9-18(27)2-1-3-21(20)28/h4-8,10,12,20H,1-3,9,11,13H2,(H,25,29). The lowest BCUT2D eigenvalue weighted by molar-refractivity contribution is -0.126. The molecule has 2 aliphatic rings. The van der Waals surface area contributed by atoms with Gasteiger partial charge in [-0.3, -0.25) is 19.2 Å². The van der Waals surface area contributed by atoms with Gasteiger partial charge in [-0.2, -0.15) is 0 Å². The Bertz CT molecular complexity index is 1030. The molecule has 154 valence electrons. The summed E-state index contributed by atoms with van der Waals surface area (Å²) in [4.78, 5) is 51.3. The number of anilines is 1. The number of rotatable bonds is 3. The SMILES string of the molecule is O=C1CCCC(=O)C(N2Cc3cc(NC(=O)c4ccc(Cl)cc4)ccc3C2=O)CC1. The zero-order valence-corrected chi connectivity index (χ0v) is 17.1. The average Bonchev–Trinajstić information content (AvgIpc) is 3.03. The topological polar surface area (TPSA) is 83.6 Å². The number of ketones is 2. The molecule has 1 atom stereocenters. The van der Waals surface area contributed by atoms with Crippen LogP contribution in [0.4, 0.5) is 5.69 Å². The lowest BCUT2D eigenvalue weighted by atomic mass is 9.94. The third kappa shape index (κ3) is 4.14. The molecule has 1 N–H and O–H groups in total. The molecule has 1 saturated carbocycles. The summed E-state index contributed by atoms with van der Waals surface area (Å²) >= 11 is 5.86. The van der Waals surface area contributed by atoms with Gasteiger partial charge >= 0.3 is 0 Å². The van der Waals surface area contributed by atoms with Gasteiger partial charge in [0, 0.05) is 47.6 Å². The summed E-state index contributed by atoms with van der Waals surface area (Å²) in [6.07, 6.45) is 1.99. The second-order valence-electron chi connectivity index (χ2n) is 7.68. The summed E-state index contributed by atoms with van der Waals surface area (Å²) in [5.41, 5.74) is 2.33. The maximum absolute atomic E-state index is 12.9. The normalized spacial score (nSPS) is 19.3. The van der Waals surface area contributed by atoms with E-state index in [1.165, 1.54) is 0 Å². The number of carbonyl (C=O) groups is 4. The van der Waals surface area contributed by atoms with Gasteiger partial charge in [0.1, 0.15) is 5.78 Å². The fourth-order valence-corrected chi connectivity index (χ4v) is 4.14. The minimum Gasteiger partial charge on any atom is -0.324 e. The molecule has 0 radical (unpaired) electrons. The molecule has 7 heteroatoms. The van der Waals surface area contributed by atoms with E-state index >= 15 is 0 Å². The fourth-order valence-electron chi connectivity index (χ4n) is 4.02. The zero-order valence-electron chi connectivity index (χ0n) is 16.3. The van der Waals surface area contributed by atoms with Crippen molar-refractivity contribution >= 4 is 40.7 Å². The molecule has 0 aromatic heterocycles. The predicted octanol–water partition coefficient (Wildman–Crippen LogP) is 4.02. The molecule has 1 aliphatic heterocycles. The van der Waals surface area contributed by atoms with Crippen LogP contribution >= 0.6 is 11.6 Å². The Labute approximate surface area is 179 Å². The van der Waals surface area contributed by atoms with Crippen molar-refractivity contribution in [3.05, 3.63) is 64.2 Å². The second kappa shape index (κ2) is 8.40. The van der Waals surface area contributed by atoms with Crippen LogP contribution in [0.3, 0.4) is 0 Å². The summed E-state index contributed by atoms with van der Waals surface area (Å²) in [6.45, 7) is 0.295. The number of benzene rings is 2. The summed E-state index contributed by atoms with van der Waals surface area (Å²) < 4.78 is 0. The predicted molar refractivity (Wildman–Crippen MR) is 113 cm³/mol. The molecule has 0 saturated heterocycles. The molecule has 4 rings (SSSR count). The lowest BCUT2D eigenvalue weighted by Gasteiger charge is -2.27. The molecule has 2 aromatic rings. The van der Waals surface area contributed by atoms with Crippen LogP contribution in [0.5, 0.6) is 0 Å². The van der Waals surface area contributed by atoms with Crippen LogP contribution < -0.4 is 5.32 Å². The maximum Gasteiger partial charge on any atom is 0.255 e. The second-order valence-corrected chi connectivity index (χ2v) is 8.12. The first-order chi connectivity index (χ1) is 14.4. The molecule has 1 fully saturated rings. The number of halogens is 1. The van der Waals surface area contributed by atoms with Crippen molar-refractivity contribution in [3.8, 4) is 0 Å². The first-order valence-electron chi connectivity index (χ1n) is 9.97. The van der Waals surface area contributed by atoms with Gasteiger partial charge in [0.05, 0.1) is 6.04 Å². The van der Waals surface area contributed by atoms with Crippen molar-refractivity contribution in [2.24, 2.45) is 0 Å². The number of Topliss-reactive ketones (excluding diaryl/α,β-unsaturated/α-hetero) is 2. The molecule has 0 bridgehead atoms. The van der Waals surface area contributed by atoms with Crippen LogP contribution in [-0.2, 0) is 16.1 Å². The van der Waals surface area contributed by atoms with Crippen molar-refractivity contribution in [1.29, 1.82) is 0 Å². The Hall–Kier alpha value is -2.99. The third-order valence-electron chi connectivity index (χ3n) is 5.62. The smallest absolute Gasteiger partial charge is 0.255 e. The molecule has 30 heavy (non-hydrogen) atoms. The van der Waals surface area contributed by atoms with Crippen molar-refractivity contribution in [2.75, 3.05) is 5.32 Å². The van der Waals surface area contributed by atoms with E-state index in [9.17, 15) is 19.2 Å². The van der Waals surface area contributed by atoms with Crippen LogP contribution in [0.1, 0.15) is 58.4 Å². The highest BCUT2D eigenvalue weighted by atomic mass is 35.5. The first-order valence-corrected chi connectivity index (χ1v) is 10.4. The Morgan fingerprint density at radius 2 is 1.77 bits per heavy atom. The van der Waals surface area contributed by atoms with Crippen molar-refractivity contribution in [1.82, 2.24) is 4.90 Å². The van der Waals surface area contributed by atoms with E-state index in [1.807, 2.05) is 0 Å². The lowest BCUT2D eigenvalue weighted by Crippen LogP contribution is -2.42. The summed E-state index contributed by atoms with van der Waals surface area (Å²) in [5, 5.41) is 3.38. The molecule has 1 unspecified atom stereocenters. The average molecular weight is 425 g/mol. The van der Waals surface area contributed by atoms with Gasteiger partial charge in [0.15, 0.2) is 5.78 Å². The largest absolute Gasteiger partial charge is 0.324 e. The minimum atomic E-state index is -0.568. The molecule has 1 heterocycles. The Morgan fingerprint density at radius 1 is 1.00 bits per heavy atom. The molecule has 2 amide bonds. The minimum absolute atomic E-state index is 0.0138. The number of carbonyl (C=O) groups excluding carboxylic acids is 4. The number of hydrogen-bond donors (Lipinski definition) is 1. The number of nitrogens with one attached hydrogen (secondary N) is 1. The molecular formula is C23H21ClN2O4. The Kier molecular flexibility index (Phi) is 5.68. The number of nitrogens with zero attached hydrogens (tertiary/aromatic N) is 1. The summed E-state index contributed by atoms with van der Waals surface area (Å²) in [6, 6.07) is 11.1. The van der Waals surface area contributed by atoms with Gasteiger partial charge in [0.25, 0.3) is 11.8 Å². The van der Waals surface area contributed by atoms with Crippen molar-refractivity contribution in [2.45, 2.75) is 44.7 Å². The first kappa shape index (κ1) is 20.3. The van der Waals surface area contributed by atoms with Crippen LogP contribution in [0.25, 0.3) is 0 Å². The van der Waals surface area contributed by atoms with Crippen LogP contribution in [0.15, 0.2) is 42.5 Å². The molecule has 6 nitrogen and oxygen atoms in total. The highest BCUT2D eigenvalue weighted by Crippen LogP contribution is 2.30. The van der Waals surface area contributed by atoms with Gasteiger partial charge in [0.2, 0.25) is 0 Å². The highest BCUT2D eigenvalue weighted by molar-refractivity contribution is 6.30. The van der Waals surface area contributed by atoms with Crippen molar-refractivity contribution < 1.29 is 19.2 Å². The van der Waals surface area contributed by atoms with E-state index in [-0.39, 0.29) is 23.4 Å². The molecule has 2 aromatic carbocycles. The van der Waals surface area contributed by atoms with E-state index in [0.717, 1.165) is 5.56 Å². The van der Waals surface area contributed by atoms with Crippen LogP contribution in [0.2, 0.25) is 5.02 Å². The van der Waals surface area contributed by atoms with Crippen LogP contribution in [-0.4, -0.2) is 34.3 Å². The van der Waals surface area contributed by atoms with E-state index in [1.54, 1.807) is 47.4 Å². The van der Waals surface area contributed by atoms with E-state index in [2.05, 4.69) is 5.32 Å². The quantitative estimate of drug-likeness (QED) is 0.806. The van der Waals surface area contributed by atoms with E-state index in [0.29, 0.717) is 60.5 Å². The highest BCUT2D eigenvalue weighted by Gasteiger charge is 2.36. The Balaban J connectivity index is 1.50. The number of hydrogen-bond acceptors (Lipinski definition) is 4. The Morgan fingerprint density at radius 3 is 2.53 bits per heavy atom. The van der Waals surface area contributed by atoms with Gasteiger partial charge in [-0.25, -0.2) is 0 Å². The molecular weight excluding hydrogens is 404 g/mol. The van der Waals surface area contributed by atoms with Gasteiger partial charge in [-0.05, 0) is 60.9 Å². The number of amides is 2. The number of fused-ring (bicyclic) bond motifs is 1. The monoisotopic (exact) mass is 424 g/mol. The van der Waals surface area contributed by atoms with Crippen molar-refractivity contribution in [3.63, 3.8) is 0 Å². The van der Waals surface area contributed by atoms with E-state index < -0.39 is 6.04 Å². The van der Waals surface area contributed by atoms with Gasteiger partial charge in [-0.1, -0.05) is 11.6 Å². The summed E-state index contributed by atoms with van der Waals surface area (Å²) in [7, 11) is 0. The molecule has 0 spiro atoms. The zero-order chi connectivity index (χ0) is 21.3. The van der Waals surface area contributed by atoms with Gasteiger partial charge in [-0.15, -0.1) is 0 Å². The van der Waals surface area contributed by atoms with Crippen LogP contribution in [0, 0.1) is 0 Å². The summed E-state index contributed by atoms with van der Waals surface area (Å²) in [5.74, 6) is -0.322. The third-order valence-corrected chi connectivity index (χ3v) is 5.88. The van der Waals surface area contributed by atoms with Gasteiger partial charge < -0.3 is 10.2 Å². The van der Waals surface area contributed by atoms with E-state index in [4.69, 9.17) is 11.6 Å². The fraction of sp³-hybridized carbons (Fsp3) is 0.304. The maximum atomic E-state index is 12.9. The molecule has 1 aliphatic carbocycles.